The van der Waals surface area contributed by atoms with E-state index in [1.165, 1.54) is 26.1 Å². The number of nitrogens with zero attached hydrogens (tertiary/aromatic N) is 3. The Morgan fingerprint density at radius 2 is 1.91 bits per heavy atom. The maximum absolute atomic E-state index is 4.95. The molecule has 0 radical (unpaired) electrons. The van der Waals surface area contributed by atoms with Gasteiger partial charge in [-0.1, -0.05) is 20.8 Å². The van der Waals surface area contributed by atoms with E-state index in [9.17, 15) is 0 Å². The maximum Gasteiger partial charge on any atom is 0.194 e. The van der Waals surface area contributed by atoms with Crippen LogP contribution in [0.1, 0.15) is 48.0 Å². The fraction of sp³-hybridized carbons (Fsp3) is 0.941. The Kier molecular flexibility index (Phi) is 6.99. The SMILES string of the molecule is CCNC(=NCC1CCN(CC)C1)N1CC(C)(C)C1(C)C.I. The molecule has 5 heteroatoms. The van der Waals surface area contributed by atoms with Crippen molar-refractivity contribution in [2.24, 2.45) is 16.3 Å². The number of nitrogens with one attached hydrogen (secondary N) is 1. The second-order valence-corrected chi connectivity index (χ2v) is 7.77. The smallest absolute Gasteiger partial charge is 0.194 e. The summed E-state index contributed by atoms with van der Waals surface area (Å²) in [5, 5.41) is 3.49. The normalized spacial score (nSPS) is 27.3. The number of guanidine groups is 1. The molecule has 0 aliphatic carbocycles. The molecule has 4 nitrogen and oxygen atoms in total. The van der Waals surface area contributed by atoms with Gasteiger partial charge in [-0.25, -0.2) is 0 Å². The van der Waals surface area contributed by atoms with Crippen LogP contribution in [0.25, 0.3) is 0 Å². The first-order valence-corrected chi connectivity index (χ1v) is 8.60. The molecule has 1 atom stereocenters. The van der Waals surface area contributed by atoms with Crippen LogP contribution in [0.2, 0.25) is 0 Å². The zero-order chi connectivity index (χ0) is 15.7. The summed E-state index contributed by atoms with van der Waals surface area (Å²) in [4.78, 5) is 9.93. The van der Waals surface area contributed by atoms with Crippen LogP contribution in [0.4, 0.5) is 0 Å². The van der Waals surface area contributed by atoms with E-state index in [-0.39, 0.29) is 29.5 Å². The van der Waals surface area contributed by atoms with Crippen molar-refractivity contribution in [3.63, 3.8) is 0 Å². The molecule has 2 saturated heterocycles. The molecule has 0 spiro atoms. The fourth-order valence-corrected chi connectivity index (χ4v) is 3.36. The lowest BCUT2D eigenvalue weighted by molar-refractivity contribution is -0.0667. The highest BCUT2D eigenvalue weighted by atomic mass is 127. The molecule has 130 valence electrons. The van der Waals surface area contributed by atoms with E-state index in [4.69, 9.17) is 4.99 Å². The van der Waals surface area contributed by atoms with Gasteiger partial charge in [-0.05, 0) is 46.2 Å². The Bertz CT molecular complexity index is 392. The van der Waals surface area contributed by atoms with Crippen molar-refractivity contribution >= 4 is 29.9 Å². The van der Waals surface area contributed by atoms with Gasteiger partial charge < -0.3 is 15.1 Å². The van der Waals surface area contributed by atoms with Crippen LogP contribution in [0.3, 0.4) is 0 Å². The molecule has 1 N–H and O–H groups in total. The van der Waals surface area contributed by atoms with Gasteiger partial charge in [0.2, 0.25) is 0 Å². The molecule has 1 unspecified atom stereocenters. The first kappa shape index (κ1) is 20.0. The number of aliphatic imine (C=N–C) groups is 1. The van der Waals surface area contributed by atoms with Crippen LogP contribution in [0.15, 0.2) is 4.99 Å². The predicted octanol–water partition coefficient (Wildman–Crippen LogP) is 3.03. The molecular weight excluding hydrogens is 387 g/mol. The molecule has 0 bridgehead atoms. The lowest BCUT2D eigenvalue weighted by Gasteiger charge is -2.62. The summed E-state index contributed by atoms with van der Waals surface area (Å²) < 4.78 is 0. The molecule has 22 heavy (non-hydrogen) atoms. The van der Waals surface area contributed by atoms with Gasteiger partial charge in [-0.15, -0.1) is 24.0 Å². The Hall–Kier alpha value is -0.0400. The minimum atomic E-state index is 0. The first-order valence-electron chi connectivity index (χ1n) is 8.60. The standard InChI is InChI=1S/C17H34N4.HI/c1-7-18-15(21-13-16(3,4)17(21,5)6)19-11-14-9-10-20(8-2)12-14;/h14H,7-13H2,1-6H3,(H,18,19);1H. The third-order valence-corrected chi connectivity index (χ3v) is 5.79. The summed E-state index contributed by atoms with van der Waals surface area (Å²) in [6, 6.07) is 0. The Balaban J connectivity index is 0.00000242. The van der Waals surface area contributed by atoms with Crippen molar-refractivity contribution in [2.75, 3.05) is 39.3 Å². The van der Waals surface area contributed by atoms with E-state index in [0.717, 1.165) is 31.5 Å². The van der Waals surface area contributed by atoms with E-state index in [2.05, 4.69) is 56.7 Å². The Morgan fingerprint density at radius 1 is 1.23 bits per heavy atom. The average Bonchev–Trinajstić information content (AvgIpc) is 2.89. The number of halogens is 1. The summed E-state index contributed by atoms with van der Waals surface area (Å²) in [6.45, 7) is 20.4. The summed E-state index contributed by atoms with van der Waals surface area (Å²) in [5.74, 6) is 1.84. The Labute approximate surface area is 154 Å². The maximum atomic E-state index is 4.95. The molecule has 0 aromatic carbocycles. The molecule has 0 aromatic rings. The largest absolute Gasteiger partial charge is 0.356 e. The van der Waals surface area contributed by atoms with E-state index in [1.807, 2.05) is 0 Å². The molecular formula is C17H35IN4. The highest BCUT2D eigenvalue weighted by Gasteiger charge is 2.53. The van der Waals surface area contributed by atoms with E-state index >= 15 is 0 Å². The molecule has 2 fully saturated rings. The van der Waals surface area contributed by atoms with Crippen molar-refractivity contribution in [3.8, 4) is 0 Å². The van der Waals surface area contributed by atoms with Crippen molar-refractivity contribution in [1.29, 1.82) is 0 Å². The second kappa shape index (κ2) is 7.69. The van der Waals surface area contributed by atoms with Gasteiger partial charge in [0.05, 0.1) is 0 Å². The summed E-state index contributed by atoms with van der Waals surface area (Å²) >= 11 is 0. The van der Waals surface area contributed by atoms with Crippen LogP contribution in [-0.4, -0.2) is 60.6 Å². The third kappa shape index (κ3) is 3.89. The van der Waals surface area contributed by atoms with Gasteiger partial charge >= 0.3 is 0 Å². The minimum Gasteiger partial charge on any atom is -0.356 e. The van der Waals surface area contributed by atoms with Gasteiger partial charge in [0, 0.05) is 37.1 Å². The van der Waals surface area contributed by atoms with Crippen LogP contribution < -0.4 is 5.32 Å². The van der Waals surface area contributed by atoms with Gasteiger partial charge in [0.25, 0.3) is 0 Å². The van der Waals surface area contributed by atoms with Crippen molar-refractivity contribution in [2.45, 2.75) is 53.5 Å². The lowest BCUT2D eigenvalue weighted by Crippen LogP contribution is -2.72. The topological polar surface area (TPSA) is 30.9 Å². The van der Waals surface area contributed by atoms with Gasteiger partial charge in [0.1, 0.15) is 0 Å². The molecule has 0 saturated carbocycles. The minimum absolute atomic E-state index is 0. The number of hydrogen-bond acceptors (Lipinski definition) is 2. The van der Waals surface area contributed by atoms with E-state index in [0.29, 0.717) is 5.41 Å². The van der Waals surface area contributed by atoms with Gasteiger partial charge in [-0.3, -0.25) is 4.99 Å². The lowest BCUT2D eigenvalue weighted by atomic mass is 9.65. The van der Waals surface area contributed by atoms with Crippen LogP contribution in [-0.2, 0) is 0 Å². The zero-order valence-electron chi connectivity index (χ0n) is 15.3. The third-order valence-electron chi connectivity index (χ3n) is 5.79. The predicted molar refractivity (Wildman–Crippen MR) is 106 cm³/mol. The van der Waals surface area contributed by atoms with E-state index < -0.39 is 0 Å². The molecule has 2 heterocycles. The van der Waals surface area contributed by atoms with Crippen LogP contribution in [0.5, 0.6) is 0 Å². The van der Waals surface area contributed by atoms with Crippen LogP contribution >= 0.6 is 24.0 Å². The molecule has 2 aliphatic rings. The average molecular weight is 422 g/mol. The fourth-order valence-electron chi connectivity index (χ4n) is 3.36. The zero-order valence-corrected chi connectivity index (χ0v) is 17.6. The number of rotatable bonds is 4. The molecule has 2 aliphatic heterocycles. The molecule has 0 amide bonds. The number of likely N-dealkylation sites (tertiary alicyclic amines) is 2. The second-order valence-electron chi connectivity index (χ2n) is 7.77. The molecule has 2 rings (SSSR count). The van der Waals surface area contributed by atoms with Crippen molar-refractivity contribution in [3.05, 3.63) is 0 Å². The van der Waals surface area contributed by atoms with Gasteiger partial charge in [-0.2, -0.15) is 0 Å². The highest BCUT2D eigenvalue weighted by Crippen LogP contribution is 2.46. The Morgan fingerprint density at radius 3 is 2.36 bits per heavy atom. The monoisotopic (exact) mass is 422 g/mol. The van der Waals surface area contributed by atoms with Crippen LogP contribution in [0, 0.1) is 11.3 Å². The first-order chi connectivity index (χ1) is 9.81. The summed E-state index contributed by atoms with van der Waals surface area (Å²) in [5.41, 5.74) is 0.536. The quantitative estimate of drug-likeness (QED) is 0.429. The summed E-state index contributed by atoms with van der Waals surface area (Å²) in [6.07, 6.45) is 1.30. The van der Waals surface area contributed by atoms with Crippen molar-refractivity contribution in [1.82, 2.24) is 15.1 Å². The van der Waals surface area contributed by atoms with E-state index in [1.54, 1.807) is 0 Å². The summed E-state index contributed by atoms with van der Waals surface area (Å²) in [7, 11) is 0. The van der Waals surface area contributed by atoms with Crippen molar-refractivity contribution < 1.29 is 0 Å². The highest BCUT2D eigenvalue weighted by molar-refractivity contribution is 14.0. The van der Waals surface area contributed by atoms with Gasteiger partial charge in [0.15, 0.2) is 5.96 Å². The number of hydrogen-bond donors (Lipinski definition) is 1. The molecule has 0 aromatic heterocycles.